The highest BCUT2D eigenvalue weighted by Gasteiger charge is 2.15. The van der Waals surface area contributed by atoms with Crippen LogP contribution in [0, 0.1) is 0 Å². The number of hydrogen-bond donors (Lipinski definition) is 2. The summed E-state index contributed by atoms with van der Waals surface area (Å²) in [5.41, 5.74) is -0.114. The first-order chi connectivity index (χ1) is 15.1. The summed E-state index contributed by atoms with van der Waals surface area (Å²) in [6.45, 7) is 0.0940. The second-order valence-corrected chi connectivity index (χ2v) is 6.41. The first kappa shape index (κ1) is 20.0. The molecule has 4 aromatic rings. The third-order valence-corrected chi connectivity index (χ3v) is 4.38. The smallest absolute Gasteiger partial charge is 0.256 e. The van der Waals surface area contributed by atoms with E-state index in [9.17, 15) is 9.59 Å². The molecular formula is C21H19N5O5. The summed E-state index contributed by atoms with van der Waals surface area (Å²) < 4.78 is 17.4. The van der Waals surface area contributed by atoms with Crippen LogP contribution in [0.2, 0.25) is 0 Å². The molecule has 0 atom stereocenters. The number of anilines is 1. The first-order valence-corrected chi connectivity index (χ1v) is 9.27. The molecule has 2 aromatic heterocycles. The number of methoxy groups -OCH3 is 2. The Morgan fingerprint density at radius 3 is 2.58 bits per heavy atom. The van der Waals surface area contributed by atoms with Gasteiger partial charge >= 0.3 is 0 Å². The predicted octanol–water partition coefficient (Wildman–Crippen LogP) is 2.27. The molecule has 1 amide bonds. The van der Waals surface area contributed by atoms with E-state index in [0.717, 1.165) is 0 Å². The number of ether oxygens (including phenoxy) is 3. The summed E-state index contributed by atoms with van der Waals surface area (Å²) in [5, 5.41) is 7.01. The molecule has 0 saturated heterocycles. The lowest BCUT2D eigenvalue weighted by molar-refractivity contribution is 0.102. The average Bonchev–Trinajstić information content (AvgIpc) is 3.20. The third kappa shape index (κ3) is 4.32. The second kappa shape index (κ2) is 8.57. The lowest BCUT2D eigenvalue weighted by Crippen LogP contribution is -2.18. The van der Waals surface area contributed by atoms with E-state index in [1.54, 1.807) is 18.2 Å². The van der Waals surface area contributed by atoms with Crippen molar-refractivity contribution >= 4 is 17.5 Å². The van der Waals surface area contributed by atoms with E-state index in [2.05, 4.69) is 20.4 Å². The van der Waals surface area contributed by atoms with Gasteiger partial charge in [-0.05, 0) is 30.3 Å². The SMILES string of the molecule is COc1ccc(C(=O)Nc2cc(=O)[nH]c3nc(COc4ccccc4)nn23)cc1OC. The van der Waals surface area contributed by atoms with Gasteiger partial charge in [-0.2, -0.15) is 9.50 Å². The summed E-state index contributed by atoms with van der Waals surface area (Å²) in [6, 6.07) is 15.2. The fraction of sp³-hybridized carbons (Fsp3) is 0.143. The maximum Gasteiger partial charge on any atom is 0.256 e. The normalized spacial score (nSPS) is 10.6. The van der Waals surface area contributed by atoms with Crippen LogP contribution in [-0.2, 0) is 6.61 Å². The number of carbonyl (C=O) groups excluding carboxylic acids is 1. The number of H-pyrrole nitrogens is 1. The molecule has 158 valence electrons. The molecule has 0 aliphatic carbocycles. The summed E-state index contributed by atoms with van der Waals surface area (Å²) in [6.07, 6.45) is 0. The molecule has 0 aliphatic heterocycles. The van der Waals surface area contributed by atoms with Crippen molar-refractivity contribution in [3.63, 3.8) is 0 Å². The van der Waals surface area contributed by atoms with E-state index in [1.807, 2.05) is 30.3 Å². The van der Waals surface area contributed by atoms with Gasteiger partial charge in [0.2, 0.25) is 5.78 Å². The van der Waals surface area contributed by atoms with Crippen LogP contribution in [0.15, 0.2) is 59.4 Å². The lowest BCUT2D eigenvalue weighted by Gasteiger charge is -2.10. The van der Waals surface area contributed by atoms with Crippen LogP contribution in [-0.4, -0.2) is 39.7 Å². The van der Waals surface area contributed by atoms with Gasteiger partial charge in [-0.15, -0.1) is 5.10 Å². The zero-order valence-corrected chi connectivity index (χ0v) is 16.8. The molecule has 2 N–H and O–H groups in total. The number of carbonyl (C=O) groups is 1. The monoisotopic (exact) mass is 421 g/mol. The number of para-hydroxylation sites is 1. The van der Waals surface area contributed by atoms with Crippen LogP contribution in [0.3, 0.4) is 0 Å². The van der Waals surface area contributed by atoms with Gasteiger partial charge in [0.05, 0.1) is 14.2 Å². The van der Waals surface area contributed by atoms with Crippen molar-refractivity contribution < 1.29 is 19.0 Å². The number of aromatic amines is 1. The van der Waals surface area contributed by atoms with Gasteiger partial charge in [0.25, 0.3) is 11.5 Å². The Morgan fingerprint density at radius 2 is 1.84 bits per heavy atom. The van der Waals surface area contributed by atoms with Crippen molar-refractivity contribution in [1.82, 2.24) is 19.6 Å². The van der Waals surface area contributed by atoms with Gasteiger partial charge in [-0.1, -0.05) is 18.2 Å². The van der Waals surface area contributed by atoms with E-state index in [1.165, 1.54) is 24.8 Å². The maximum atomic E-state index is 12.7. The number of aromatic nitrogens is 4. The Hall–Kier alpha value is -4.34. The molecule has 0 unspecified atom stereocenters. The molecule has 0 radical (unpaired) electrons. The molecule has 10 heteroatoms. The number of nitrogens with zero attached hydrogens (tertiary/aromatic N) is 3. The molecule has 4 rings (SSSR count). The van der Waals surface area contributed by atoms with Crippen LogP contribution >= 0.6 is 0 Å². The minimum absolute atomic E-state index is 0.0940. The molecular weight excluding hydrogens is 402 g/mol. The molecule has 0 saturated carbocycles. The highest BCUT2D eigenvalue weighted by Crippen LogP contribution is 2.27. The van der Waals surface area contributed by atoms with E-state index in [4.69, 9.17) is 14.2 Å². The molecule has 0 fully saturated rings. The van der Waals surface area contributed by atoms with Crippen LogP contribution in [0.4, 0.5) is 5.82 Å². The zero-order chi connectivity index (χ0) is 21.8. The van der Waals surface area contributed by atoms with Crippen LogP contribution < -0.4 is 25.1 Å². The van der Waals surface area contributed by atoms with Crippen LogP contribution in [0.5, 0.6) is 17.2 Å². The quantitative estimate of drug-likeness (QED) is 0.470. The van der Waals surface area contributed by atoms with Crippen LogP contribution in [0.25, 0.3) is 5.78 Å². The summed E-state index contributed by atoms with van der Waals surface area (Å²) in [7, 11) is 2.99. The lowest BCUT2D eigenvalue weighted by atomic mass is 10.2. The summed E-state index contributed by atoms with van der Waals surface area (Å²) >= 11 is 0. The predicted molar refractivity (Wildman–Crippen MR) is 112 cm³/mol. The topological polar surface area (TPSA) is 120 Å². The molecule has 31 heavy (non-hydrogen) atoms. The highest BCUT2D eigenvalue weighted by molar-refractivity contribution is 6.04. The van der Waals surface area contributed by atoms with Gasteiger partial charge < -0.3 is 19.5 Å². The number of benzene rings is 2. The van der Waals surface area contributed by atoms with Crippen molar-refractivity contribution in [3.05, 3.63) is 76.3 Å². The fourth-order valence-electron chi connectivity index (χ4n) is 2.92. The van der Waals surface area contributed by atoms with Crippen molar-refractivity contribution in [2.24, 2.45) is 0 Å². The van der Waals surface area contributed by atoms with E-state index < -0.39 is 11.5 Å². The Labute approximate surface area is 176 Å². The number of amides is 1. The third-order valence-electron chi connectivity index (χ3n) is 4.38. The Balaban J connectivity index is 1.59. The minimum atomic E-state index is -0.453. The number of hydrogen-bond acceptors (Lipinski definition) is 7. The van der Waals surface area contributed by atoms with Crippen molar-refractivity contribution in [2.75, 3.05) is 19.5 Å². The van der Waals surface area contributed by atoms with E-state index in [-0.39, 0.29) is 18.2 Å². The number of nitrogens with one attached hydrogen (secondary N) is 2. The molecule has 2 heterocycles. The molecule has 0 spiro atoms. The fourth-order valence-corrected chi connectivity index (χ4v) is 2.92. The van der Waals surface area contributed by atoms with Gasteiger partial charge in [-0.25, -0.2) is 0 Å². The first-order valence-electron chi connectivity index (χ1n) is 9.27. The van der Waals surface area contributed by atoms with Gasteiger partial charge in [0, 0.05) is 11.6 Å². The van der Waals surface area contributed by atoms with Gasteiger partial charge in [-0.3, -0.25) is 14.6 Å². The summed E-state index contributed by atoms with van der Waals surface area (Å²) in [5.74, 6) is 1.80. The number of fused-ring (bicyclic) bond motifs is 1. The van der Waals surface area contributed by atoms with Crippen molar-refractivity contribution in [2.45, 2.75) is 6.61 Å². The minimum Gasteiger partial charge on any atom is -0.493 e. The van der Waals surface area contributed by atoms with Crippen LogP contribution in [0.1, 0.15) is 16.2 Å². The Bertz CT molecular complexity index is 1280. The van der Waals surface area contributed by atoms with Gasteiger partial charge in [0.15, 0.2) is 17.3 Å². The average molecular weight is 421 g/mol. The summed E-state index contributed by atoms with van der Waals surface area (Å²) in [4.78, 5) is 31.6. The Morgan fingerprint density at radius 1 is 1.06 bits per heavy atom. The van der Waals surface area contributed by atoms with Crippen molar-refractivity contribution in [3.8, 4) is 17.2 Å². The van der Waals surface area contributed by atoms with Gasteiger partial charge in [0.1, 0.15) is 18.2 Å². The maximum absolute atomic E-state index is 12.7. The molecule has 2 aromatic carbocycles. The molecule has 0 aliphatic rings. The number of rotatable bonds is 7. The largest absolute Gasteiger partial charge is 0.493 e. The highest BCUT2D eigenvalue weighted by atomic mass is 16.5. The Kier molecular flexibility index (Phi) is 5.52. The van der Waals surface area contributed by atoms with E-state index in [0.29, 0.717) is 28.6 Å². The van der Waals surface area contributed by atoms with Crippen molar-refractivity contribution in [1.29, 1.82) is 0 Å². The molecule has 0 bridgehead atoms. The second-order valence-electron chi connectivity index (χ2n) is 6.41. The van der Waals surface area contributed by atoms with E-state index >= 15 is 0 Å². The standard InChI is InChI=1S/C21H19N5O5/c1-29-15-9-8-13(10-16(15)30-2)20(28)23-18-11-19(27)24-21-22-17(25-26(18)21)12-31-14-6-4-3-5-7-14/h3-11H,12H2,1-2H3,(H,23,28)(H,22,24,25,27). The zero-order valence-electron chi connectivity index (χ0n) is 16.8. The molecule has 10 nitrogen and oxygen atoms in total.